The van der Waals surface area contributed by atoms with Crippen LogP contribution in [0.5, 0.6) is 0 Å². The molecule has 178 valence electrons. The van der Waals surface area contributed by atoms with Crippen LogP contribution in [0.1, 0.15) is 53.3 Å². The summed E-state index contributed by atoms with van der Waals surface area (Å²) in [6.45, 7) is 3.05. The quantitative estimate of drug-likeness (QED) is 0.330. The number of rotatable bonds is 4. The third kappa shape index (κ3) is 2.97. The summed E-state index contributed by atoms with van der Waals surface area (Å²) in [5.41, 5.74) is 4.36. The average Bonchev–Trinajstić information content (AvgIpc) is 2.93. The number of ketones is 1. The van der Waals surface area contributed by atoms with Crippen molar-refractivity contribution in [2.45, 2.75) is 31.1 Å². The fourth-order valence-corrected chi connectivity index (χ4v) is 7.63. The molecule has 0 aromatic heterocycles. The van der Waals surface area contributed by atoms with Crippen LogP contribution in [0.15, 0.2) is 121 Å². The van der Waals surface area contributed by atoms with Crippen LogP contribution in [0, 0.1) is 11.3 Å². The van der Waals surface area contributed by atoms with E-state index in [2.05, 4.69) is 138 Å². The molecular weight excluding hydrogens is 440 g/mol. The molecule has 4 aromatic rings. The summed E-state index contributed by atoms with van der Waals surface area (Å²) in [6.07, 6.45) is 0. The molecule has 4 aliphatic heterocycles. The van der Waals surface area contributed by atoms with Gasteiger partial charge in [-0.15, -0.1) is 0 Å². The summed E-state index contributed by atoms with van der Waals surface area (Å²) in [7, 11) is 0. The lowest BCUT2D eigenvalue weighted by molar-refractivity contribution is -0.234. The Balaban J connectivity index is 1.49. The number of Topliss-reactive ketones (excluding diaryl/α,β-unsaturated/α-hetero) is 1. The first-order valence-corrected chi connectivity index (χ1v) is 12.9. The molecule has 4 heterocycles. The summed E-state index contributed by atoms with van der Waals surface area (Å²) in [4.78, 5) is 20.2. The van der Waals surface area contributed by atoms with Crippen molar-refractivity contribution >= 4 is 5.78 Å². The van der Waals surface area contributed by atoms with Crippen LogP contribution in [-0.2, 0) is 4.79 Å². The molecular formula is C33H30N2O. The molecule has 4 aromatic carbocycles. The van der Waals surface area contributed by atoms with Gasteiger partial charge in [0.15, 0.2) is 0 Å². The van der Waals surface area contributed by atoms with Crippen LogP contribution in [0.25, 0.3) is 0 Å². The fraction of sp³-hybridized carbons (Fsp3) is 0.242. The number of hydrogen-bond acceptors (Lipinski definition) is 3. The van der Waals surface area contributed by atoms with Gasteiger partial charge in [0.25, 0.3) is 0 Å². The lowest BCUT2D eigenvalue weighted by Crippen LogP contribution is -2.73. The smallest absolute Gasteiger partial charge is 0.149 e. The second-order valence-electron chi connectivity index (χ2n) is 10.7. The molecule has 3 heteroatoms. The van der Waals surface area contributed by atoms with Crippen LogP contribution in [0.3, 0.4) is 0 Å². The molecule has 3 nitrogen and oxygen atoms in total. The Labute approximate surface area is 213 Å². The summed E-state index contributed by atoms with van der Waals surface area (Å²) in [5.74, 6) is 0.258. The van der Waals surface area contributed by atoms with Crippen molar-refractivity contribution in [3.05, 3.63) is 144 Å². The number of carbonyl (C=O) groups excluding carboxylic acids is 1. The SMILES string of the molecule is CC12C(=O)C3[C@@H](c4ccccc4)N(CN([C@H]3c3ccccc3)[C@@H]1c1ccccc1)[C@H]2c1ccccc1. The van der Waals surface area contributed by atoms with Crippen molar-refractivity contribution in [3.63, 3.8) is 0 Å². The van der Waals surface area contributed by atoms with Gasteiger partial charge in [-0.3, -0.25) is 14.6 Å². The monoisotopic (exact) mass is 470 g/mol. The Morgan fingerprint density at radius 3 is 1.25 bits per heavy atom. The Morgan fingerprint density at radius 1 is 0.556 bits per heavy atom. The number of carbonyl (C=O) groups is 1. The van der Waals surface area contributed by atoms with Crippen LogP contribution >= 0.6 is 0 Å². The first-order valence-electron chi connectivity index (χ1n) is 12.9. The predicted octanol–water partition coefficient (Wildman–Crippen LogP) is 6.75. The van der Waals surface area contributed by atoms with E-state index in [1.807, 2.05) is 0 Å². The van der Waals surface area contributed by atoms with Crippen molar-refractivity contribution in [1.29, 1.82) is 0 Å². The zero-order valence-corrected chi connectivity index (χ0v) is 20.4. The molecule has 0 saturated carbocycles. The molecule has 4 aliphatic rings. The highest BCUT2D eigenvalue weighted by Crippen LogP contribution is 2.69. The van der Waals surface area contributed by atoms with Crippen molar-refractivity contribution in [3.8, 4) is 0 Å². The molecule has 8 rings (SSSR count). The zero-order valence-electron chi connectivity index (χ0n) is 20.4. The summed E-state index contributed by atoms with van der Waals surface area (Å²) in [6, 6.07) is 42.9. The lowest BCUT2D eigenvalue weighted by atomic mass is 9.53. The number of benzene rings is 4. The van der Waals surface area contributed by atoms with Gasteiger partial charge in [0.2, 0.25) is 0 Å². The number of nitrogens with zero attached hydrogens (tertiary/aromatic N) is 2. The van der Waals surface area contributed by atoms with Crippen molar-refractivity contribution in [2.24, 2.45) is 11.3 Å². The van der Waals surface area contributed by atoms with Gasteiger partial charge in [-0.1, -0.05) is 121 Å². The van der Waals surface area contributed by atoms with Gasteiger partial charge in [0, 0.05) is 12.1 Å². The van der Waals surface area contributed by atoms with E-state index in [0.29, 0.717) is 5.78 Å². The van der Waals surface area contributed by atoms with E-state index in [-0.39, 0.29) is 30.1 Å². The molecule has 4 fully saturated rings. The van der Waals surface area contributed by atoms with E-state index in [1.165, 1.54) is 22.3 Å². The Bertz CT molecular complexity index is 1280. The Kier molecular flexibility index (Phi) is 4.99. The first kappa shape index (κ1) is 21.7. The van der Waals surface area contributed by atoms with Gasteiger partial charge in [0.05, 0.1) is 30.1 Å². The van der Waals surface area contributed by atoms with E-state index in [1.54, 1.807) is 0 Å². The molecule has 4 unspecified atom stereocenters. The van der Waals surface area contributed by atoms with E-state index < -0.39 is 5.41 Å². The molecule has 8 atom stereocenters. The molecule has 36 heavy (non-hydrogen) atoms. The lowest BCUT2D eigenvalue weighted by Gasteiger charge is -2.70. The third-order valence-electron chi connectivity index (χ3n) is 8.87. The van der Waals surface area contributed by atoms with Crippen LogP contribution < -0.4 is 0 Å². The van der Waals surface area contributed by atoms with E-state index >= 15 is 0 Å². The molecule has 0 aliphatic carbocycles. The van der Waals surface area contributed by atoms with Gasteiger partial charge in [0.1, 0.15) is 5.78 Å². The molecule has 0 amide bonds. The van der Waals surface area contributed by atoms with E-state index in [4.69, 9.17) is 0 Å². The zero-order chi connectivity index (χ0) is 24.3. The maximum atomic E-state index is 15.0. The van der Waals surface area contributed by atoms with Gasteiger partial charge < -0.3 is 0 Å². The summed E-state index contributed by atoms with van der Waals surface area (Å²) < 4.78 is 0. The van der Waals surface area contributed by atoms with Gasteiger partial charge in [-0.25, -0.2) is 0 Å². The normalized spacial score (nSPS) is 34.6. The minimum atomic E-state index is -0.567. The van der Waals surface area contributed by atoms with E-state index in [9.17, 15) is 4.79 Å². The number of piperidine rings is 2. The first-order chi connectivity index (χ1) is 17.7. The minimum Gasteiger partial charge on any atom is -0.298 e. The van der Waals surface area contributed by atoms with Crippen molar-refractivity contribution < 1.29 is 4.79 Å². The second kappa shape index (κ2) is 8.26. The van der Waals surface area contributed by atoms with Gasteiger partial charge >= 0.3 is 0 Å². The van der Waals surface area contributed by atoms with Gasteiger partial charge in [-0.2, -0.15) is 0 Å². The molecule has 0 spiro atoms. The van der Waals surface area contributed by atoms with Crippen molar-refractivity contribution in [2.75, 3.05) is 6.67 Å². The molecule has 0 radical (unpaired) electrons. The summed E-state index contributed by atoms with van der Waals surface area (Å²) in [5, 5.41) is 0. The number of hydrogen-bond donors (Lipinski definition) is 0. The highest BCUT2D eigenvalue weighted by Gasteiger charge is 2.70. The Morgan fingerprint density at radius 2 is 0.889 bits per heavy atom. The second-order valence-corrected chi connectivity index (χ2v) is 10.7. The minimum absolute atomic E-state index is 0.00540. The fourth-order valence-electron chi connectivity index (χ4n) is 7.63. The molecule has 4 saturated heterocycles. The summed E-state index contributed by atoms with van der Waals surface area (Å²) >= 11 is 0. The largest absolute Gasteiger partial charge is 0.298 e. The molecule has 4 bridgehead atoms. The van der Waals surface area contributed by atoms with Gasteiger partial charge in [-0.05, 0) is 29.2 Å². The Hall–Kier alpha value is -3.53. The highest BCUT2D eigenvalue weighted by atomic mass is 16.1. The maximum Gasteiger partial charge on any atom is 0.149 e. The highest BCUT2D eigenvalue weighted by molar-refractivity contribution is 5.92. The average molecular weight is 471 g/mol. The van der Waals surface area contributed by atoms with Crippen LogP contribution in [0.4, 0.5) is 0 Å². The third-order valence-corrected chi connectivity index (χ3v) is 8.87. The topological polar surface area (TPSA) is 23.6 Å². The van der Waals surface area contributed by atoms with Crippen LogP contribution in [-0.4, -0.2) is 22.3 Å². The molecule has 0 N–H and O–H groups in total. The van der Waals surface area contributed by atoms with Crippen LogP contribution in [0.2, 0.25) is 0 Å². The predicted molar refractivity (Wildman–Crippen MR) is 142 cm³/mol. The van der Waals surface area contributed by atoms with Crippen molar-refractivity contribution in [1.82, 2.24) is 9.80 Å². The standard InChI is InChI=1S/C33H30N2O/c1-33-30(25-18-10-4-11-19-25)34-22-35(31(33)26-20-12-5-13-21-26)29(24-16-8-3-9-17-24)27(32(33)36)28(34)23-14-6-2-7-15-23/h2-21,27-31H,22H2,1H3/t27?,28-,29+,30+,31-,33?. The maximum absolute atomic E-state index is 15.0. The van der Waals surface area contributed by atoms with E-state index in [0.717, 1.165) is 6.67 Å².